The fourth-order valence-electron chi connectivity index (χ4n) is 2.35. The van der Waals surface area contributed by atoms with E-state index >= 15 is 0 Å². The van der Waals surface area contributed by atoms with Gasteiger partial charge in [-0.15, -0.1) is 11.3 Å². The maximum absolute atomic E-state index is 13.9. The van der Waals surface area contributed by atoms with Gasteiger partial charge >= 0.3 is 0 Å². The number of aryl methyl sites for hydroxylation is 1. The smallest absolute Gasteiger partial charge is 0.243 e. The standard InChI is InChI=1S/C17H17F3N4OS/c1-9-15(14-11(19)7-10(18)8-12(14)20)23-17(26-9)24-16(25)13(22)5-3-2-4-6-21/h7-8,13H,2-5,22H2,1H3,(H,23,24,25). The van der Waals surface area contributed by atoms with Gasteiger partial charge in [0.25, 0.3) is 0 Å². The van der Waals surface area contributed by atoms with Crippen molar-refractivity contribution in [1.29, 1.82) is 5.26 Å². The zero-order chi connectivity index (χ0) is 19.3. The van der Waals surface area contributed by atoms with E-state index in [-0.39, 0.29) is 10.8 Å². The van der Waals surface area contributed by atoms with Crippen LogP contribution in [0.15, 0.2) is 12.1 Å². The molecule has 1 unspecified atom stereocenters. The third-order valence-corrected chi connectivity index (χ3v) is 4.55. The molecular weight excluding hydrogens is 365 g/mol. The zero-order valence-electron chi connectivity index (χ0n) is 14.0. The Balaban J connectivity index is 2.11. The molecule has 0 saturated heterocycles. The Morgan fingerprint density at radius 1 is 1.35 bits per heavy atom. The normalized spacial score (nSPS) is 11.8. The summed E-state index contributed by atoms with van der Waals surface area (Å²) >= 11 is 1.04. The van der Waals surface area contributed by atoms with Crippen LogP contribution in [0.1, 0.15) is 30.6 Å². The third kappa shape index (κ3) is 4.80. The number of benzene rings is 1. The van der Waals surface area contributed by atoms with Crippen molar-refractivity contribution in [3.8, 4) is 17.3 Å². The van der Waals surface area contributed by atoms with Gasteiger partial charge in [-0.05, 0) is 19.8 Å². The van der Waals surface area contributed by atoms with E-state index in [1.807, 2.05) is 6.07 Å². The van der Waals surface area contributed by atoms with E-state index in [9.17, 15) is 18.0 Å². The lowest BCUT2D eigenvalue weighted by atomic mass is 10.1. The van der Waals surface area contributed by atoms with Crippen molar-refractivity contribution < 1.29 is 18.0 Å². The van der Waals surface area contributed by atoms with E-state index in [1.54, 1.807) is 6.92 Å². The van der Waals surface area contributed by atoms with Gasteiger partial charge in [-0.1, -0.05) is 6.42 Å². The number of carbonyl (C=O) groups is 1. The number of nitrogens with zero attached hydrogens (tertiary/aromatic N) is 2. The van der Waals surface area contributed by atoms with Crippen LogP contribution in [0.5, 0.6) is 0 Å². The number of nitrogens with one attached hydrogen (secondary N) is 1. The first-order valence-corrected chi connectivity index (χ1v) is 8.71. The molecule has 26 heavy (non-hydrogen) atoms. The highest BCUT2D eigenvalue weighted by Gasteiger charge is 2.21. The van der Waals surface area contributed by atoms with Crippen LogP contribution in [0.4, 0.5) is 18.3 Å². The monoisotopic (exact) mass is 382 g/mol. The second-order valence-electron chi connectivity index (χ2n) is 5.67. The SMILES string of the molecule is Cc1sc(NC(=O)C(N)CCCCC#N)nc1-c1c(F)cc(F)cc1F. The van der Waals surface area contributed by atoms with Gasteiger partial charge in [0.05, 0.1) is 23.4 Å². The van der Waals surface area contributed by atoms with Gasteiger partial charge in [0, 0.05) is 23.4 Å². The van der Waals surface area contributed by atoms with E-state index in [0.29, 0.717) is 42.7 Å². The number of hydrogen-bond donors (Lipinski definition) is 2. The highest BCUT2D eigenvalue weighted by Crippen LogP contribution is 2.34. The molecule has 1 heterocycles. The summed E-state index contributed by atoms with van der Waals surface area (Å²) in [6.45, 7) is 1.59. The van der Waals surface area contributed by atoms with Crippen molar-refractivity contribution in [3.05, 3.63) is 34.5 Å². The van der Waals surface area contributed by atoms with Crippen molar-refractivity contribution in [2.45, 2.75) is 38.6 Å². The van der Waals surface area contributed by atoms with E-state index in [0.717, 1.165) is 11.3 Å². The van der Waals surface area contributed by atoms with Crippen LogP contribution in [-0.4, -0.2) is 16.9 Å². The molecule has 0 aliphatic carbocycles. The second-order valence-corrected chi connectivity index (χ2v) is 6.87. The molecule has 9 heteroatoms. The average molecular weight is 382 g/mol. The third-order valence-electron chi connectivity index (χ3n) is 3.66. The summed E-state index contributed by atoms with van der Waals surface area (Å²) in [6, 6.07) is 2.39. The summed E-state index contributed by atoms with van der Waals surface area (Å²) in [5.41, 5.74) is 5.35. The van der Waals surface area contributed by atoms with Crippen LogP contribution in [0.2, 0.25) is 0 Å². The molecule has 0 radical (unpaired) electrons. The molecule has 2 aromatic rings. The Morgan fingerprint density at radius 2 is 2.00 bits per heavy atom. The Labute approximate surface area is 152 Å². The summed E-state index contributed by atoms with van der Waals surface area (Å²) < 4.78 is 40.9. The van der Waals surface area contributed by atoms with Crippen LogP contribution in [0, 0.1) is 35.7 Å². The van der Waals surface area contributed by atoms with Gasteiger partial charge < -0.3 is 11.1 Å². The number of carbonyl (C=O) groups excluding carboxylic acids is 1. The number of thiazole rings is 1. The van der Waals surface area contributed by atoms with Gasteiger partial charge in [0.15, 0.2) is 5.13 Å². The van der Waals surface area contributed by atoms with Crippen molar-refractivity contribution in [3.63, 3.8) is 0 Å². The summed E-state index contributed by atoms with van der Waals surface area (Å²) in [7, 11) is 0. The molecule has 1 aromatic heterocycles. The highest BCUT2D eigenvalue weighted by molar-refractivity contribution is 7.16. The van der Waals surface area contributed by atoms with Crippen molar-refractivity contribution in [2.75, 3.05) is 5.32 Å². The van der Waals surface area contributed by atoms with Crippen LogP contribution in [0.25, 0.3) is 11.3 Å². The number of halogens is 3. The maximum Gasteiger partial charge on any atom is 0.243 e. The van der Waals surface area contributed by atoms with Gasteiger partial charge in [0.2, 0.25) is 5.91 Å². The molecule has 138 valence electrons. The molecular formula is C17H17F3N4OS. The van der Waals surface area contributed by atoms with E-state index in [4.69, 9.17) is 11.0 Å². The topological polar surface area (TPSA) is 91.8 Å². The molecule has 1 atom stereocenters. The Morgan fingerprint density at radius 3 is 2.62 bits per heavy atom. The van der Waals surface area contributed by atoms with Crippen LogP contribution in [-0.2, 0) is 4.79 Å². The summed E-state index contributed by atoms with van der Waals surface area (Å²) in [5, 5.41) is 11.1. The van der Waals surface area contributed by atoms with Gasteiger partial charge in [-0.25, -0.2) is 18.2 Å². The van der Waals surface area contributed by atoms with Gasteiger partial charge in [-0.2, -0.15) is 5.26 Å². The molecule has 0 saturated carbocycles. The van der Waals surface area contributed by atoms with E-state index < -0.39 is 35.0 Å². The quantitative estimate of drug-likeness (QED) is 0.711. The first kappa shape index (κ1) is 19.9. The number of nitriles is 1. The van der Waals surface area contributed by atoms with Crippen LogP contribution >= 0.6 is 11.3 Å². The van der Waals surface area contributed by atoms with Crippen molar-refractivity contribution in [1.82, 2.24) is 4.98 Å². The average Bonchev–Trinajstić information content (AvgIpc) is 2.90. The number of nitrogens with two attached hydrogens (primary N) is 1. The largest absolute Gasteiger partial charge is 0.320 e. The van der Waals surface area contributed by atoms with Crippen LogP contribution in [0.3, 0.4) is 0 Å². The minimum absolute atomic E-state index is 0.00268. The molecule has 0 fully saturated rings. The van der Waals surface area contributed by atoms with E-state index in [1.165, 1.54) is 0 Å². The Kier molecular flexibility index (Phi) is 6.71. The molecule has 2 rings (SSSR count). The number of amides is 1. The van der Waals surface area contributed by atoms with E-state index in [2.05, 4.69) is 10.3 Å². The molecule has 0 spiro atoms. The Bertz CT molecular complexity index is 824. The first-order chi connectivity index (χ1) is 12.3. The molecule has 1 amide bonds. The zero-order valence-corrected chi connectivity index (χ0v) is 14.8. The molecule has 3 N–H and O–H groups in total. The van der Waals surface area contributed by atoms with Crippen LogP contribution < -0.4 is 11.1 Å². The number of rotatable bonds is 7. The second kappa shape index (κ2) is 8.78. The lowest BCUT2D eigenvalue weighted by molar-refractivity contribution is -0.117. The molecule has 0 bridgehead atoms. The lowest BCUT2D eigenvalue weighted by Gasteiger charge is -2.09. The fourth-order valence-corrected chi connectivity index (χ4v) is 3.17. The highest BCUT2D eigenvalue weighted by atomic mass is 32.1. The van der Waals surface area contributed by atoms with Gasteiger partial charge in [0.1, 0.15) is 17.5 Å². The predicted molar refractivity (Wildman–Crippen MR) is 92.8 cm³/mol. The summed E-state index contributed by atoms with van der Waals surface area (Å²) in [5.74, 6) is -3.62. The number of hydrogen-bond acceptors (Lipinski definition) is 5. The Hall–Kier alpha value is -2.44. The number of unbranched alkanes of at least 4 members (excludes halogenated alkanes) is 2. The minimum Gasteiger partial charge on any atom is -0.320 e. The molecule has 0 aliphatic rings. The fraction of sp³-hybridized carbons (Fsp3) is 0.353. The molecule has 0 aliphatic heterocycles. The first-order valence-electron chi connectivity index (χ1n) is 7.89. The number of aromatic nitrogens is 1. The summed E-state index contributed by atoms with van der Waals surface area (Å²) in [6.07, 6.45) is 2.10. The summed E-state index contributed by atoms with van der Waals surface area (Å²) in [4.78, 5) is 16.6. The van der Waals surface area contributed by atoms with Crippen molar-refractivity contribution >= 4 is 22.4 Å². The molecule has 5 nitrogen and oxygen atoms in total. The number of anilines is 1. The predicted octanol–water partition coefficient (Wildman–Crippen LogP) is 3.89. The maximum atomic E-state index is 13.9. The van der Waals surface area contributed by atoms with Gasteiger partial charge in [-0.3, -0.25) is 4.79 Å². The molecule has 1 aromatic carbocycles. The van der Waals surface area contributed by atoms with Crippen molar-refractivity contribution in [2.24, 2.45) is 5.73 Å². The minimum atomic E-state index is -1.07. The lowest BCUT2D eigenvalue weighted by Crippen LogP contribution is -2.35.